The van der Waals surface area contributed by atoms with Crippen LogP contribution in [0.5, 0.6) is 0 Å². The van der Waals surface area contributed by atoms with Gasteiger partial charge in [0.05, 0.1) is 0 Å². The summed E-state index contributed by atoms with van der Waals surface area (Å²) in [6.45, 7) is 2.57. The fourth-order valence-corrected chi connectivity index (χ4v) is 1.98. The molecule has 0 fully saturated rings. The third-order valence-electron chi connectivity index (χ3n) is 3.10. The van der Waals surface area contributed by atoms with Crippen LogP contribution in [0.3, 0.4) is 0 Å². The van der Waals surface area contributed by atoms with Crippen molar-refractivity contribution in [1.82, 2.24) is 0 Å². The van der Waals surface area contributed by atoms with E-state index in [2.05, 4.69) is 0 Å². The van der Waals surface area contributed by atoms with Crippen molar-refractivity contribution in [2.45, 2.75) is 45.4 Å². The summed E-state index contributed by atoms with van der Waals surface area (Å²) in [5, 5.41) is 0. The number of carbonyl (C=O) groups excluding carboxylic acids is 1. The molecule has 0 spiro atoms. The van der Waals surface area contributed by atoms with Gasteiger partial charge < -0.3 is 5.73 Å². The Morgan fingerprint density at radius 2 is 1.94 bits per heavy atom. The average molecular weight is 251 g/mol. The maximum atomic E-state index is 12.9. The summed E-state index contributed by atoms with van der Waals surface area (Å²) in [5.74, 6) is -0.0112. The van der Waals surface area contributed by atoms with Crippen LogP contribution in [0, 0.1) is 12.7 Å². The number of ketones is 1. The van der Waals surface area contributed by atoms with Gasteiger partial charge in [-0.3, -0.25) is 4.79 Å². The predicted molar refractivity (Wildman–Crippen MR) is 72.0 cm³/mol. The standard InChI is InChI=1S/C15H22FNO/c1-12-10-14(16)8-7-13(12)11-15(18)6-4-2-3-5-9-17/h7-8,10H,2-6,9,11,17H2,1H3. The van der Waals surface area contributed by atoms with Crippen LogP contribution in [0.4, 0.5) is 4.39 Å². The fourth-order valence-electron chi connectivity index (χ4n) is 1.98. The van der Waals surface area contributed by atoms with Crippen molar-refractivity contribution in [3.05, 3.63) is 35.1 Å². The van der Waals surface area contributed by atoms with Crippen molar-refractivity contribution in [3.8, 4) is 0 Å². The summed E-state index contributed by atoms with van der Waals surface area (Å²) in [5.41, 5.74) is 7.19. The number of rotatable bonds is 8. The first-order valence-electron chi connectivity index (χ1n) is 6.60. The topological polar surface area (TPSA) is 43.1 Å². The van der Waals surface area contributed by atoms with Gasteiger partial charge in [0.1, 0.15) is 11.6 Å². The van der Waals surface area contributed by atoms with Crippen LogP contribution in [-0.4, -0.2) is 12.3 Å². The summed E-state index contributed by atoms with van der Waals surface area (Å²) < 4.78 is 12.9. The number of carbonyl (C=O) groups is 1. The first-order valence-corrected chi connectivity index (χ1v) is 6.60. The lowest BCUT2D eigenvalue weighted by atomic mass is 10.00. The average Bonchev–Trinajstić information content (AvgIpc) is 2.32. The number of aryl methyl sites for hydroxylation is 1. The number of nitrogens with two attached hydrogens (primary N) is 1. The van der Waals surface area contributed by atoms with Crippen LogP contribution in [-0.2, 0) is 11.2 Å². The lowest BCUT2D eigenvalue weighted by Crippen LogP contribution is -2.04. The number of hydrogen-bond donors (Lipinski definition) is 1. The van der Waals surface area contributed by atoms with E-state index in [1.807, 2.05) is 6.92 Å². The molecule has 1 aromatic carbocycles. The molecule has 0 aliphatic heterocycles. The molecule has 0 amide bonds. The number of hydrogen-bond acceptors (Lipinski definition) is 2. The molecule has 0 saturated carbocycles. The fraction of sp³-hybridized carbons (Fsp3) is 0.533. The molecule has 3 heteroatoms. The Bertz CT molecular complexity index is 390. The zero-order valence-corrected chi connectivity index (χ0v) is 11.0. The highest BCUT2D eigenvalue weighted by molar-refractivity contribution is 5.81. The van der Waals surface area contributed by atoms with Crippen molar-refractivity contribution in [2.24, 2.45) is 5.73 Å². The molecule has 0 atom stereocenters. The minimum atomic E-state index is -0.245. The maximum Gasteiger partial charge on any atom is 0.137 e. The molecule has 0 aliphatic rings. The molecular weight excluding hydrogens is 229 g/mol. The summed E-state index contributed by atoms with van der Waals surface area (Å²) >= 11 is 0. The zero-order valence-electron chi connectivity index (χ0n) is 11.0. The molecule has 2 N–H and O–H groups in total. The minimum absolute atomic E-state index is 0.234. The van der Waals surface area contributed by atoms with Crippen LogP contribution in [0.15, 0.2) is 18.2 Å². The van der Waals surface area contributed by atoms with Crippen LogP contribution < -0.4 is 5.73 Å². The number of unbranched alkanes of at least 4 members (excludes halogenated alkanes) is 3. The van der Waals surface area contributed by atoms with Crippen molar-refractivity contribution >= 4 is 5.78 Å². The Kier molecular flexibility index (Phi) is 6.58. The largest absolute Gasteiger partial charge is 0.330 e. The van der Waals surface area contributed by atoms with Gasteiger partial charge >= 0.3 is 0 Å². The highest BCUT2D eigenvalue weighted by atomic mass is 19.1. The van der Waals surface area contributed by atoms with Gasteiger partial charge in [0.25, 0.3) is 0 Å². The Hall–Kier alpha value is -1.22. The van der Waals surface area contributed by atoms with Crippen LogP contribution >= 0.6 is 0 Å². The molecule has 0 saturated heterocycles. The van der Waals surface area contributed by atoms with E-state index in [-0.39, 0.29) is 11.6 Å². The molecular formula is C15H22FNO. The van der Waals surface area contributed by atoms with Crippen molar-refractivity contribution in [3.63, 3.8) is 0 Å². The molecule has 0 radical (unpaired) electrons. The van der Waals surface area contributed by atoms with E-state index in [0.717, 1.165) is 43.4 Å². The predicted octanol–water partition coefficient (Wildman–Crippen LogP) is 3.15. The summed E-state index contributed by atoms with van der Waals surface area (Å²) in [7, 11) is 0. The van der Waals surface area contributed by atoms with Crippen LogP contribution in [0.2, 0.25) is 0 Å². The Labute approximate surface area is 108 Å². The monoisotopic (exact) mass is 251 g/mol. The molecule has 18 heavy (non-hydrogen) atoms. The molecule has 1 rings (SSSR count). The lowest BCUT2D eigenvalue weighted by Gasteiger charge is -2.05. The van der Waals surface area contributed by atoms with E-state index in [4.69, 9.17) is 5.73 Å². The molecule has 0 heterocycles. The Morgan fingerprint density at radius 1 is 1.22 bits per heavy atom. The van der Waals surface area contributed by atoms with Gasteiger partial charge in [0.15, 0.2) is 0 Å². The van der Waals surface area contributed by atoms with Gasteiger partial charge in [0.2, 0.25) is 0 Å². The van der Waals surface area contributed by atoms with Crippen molar-refractivity contribution in [2.75, 3.05) is 6.54 Å². The number of benzene rings is 1. The zero-order chi connectivity index (χ0) is 13.4. The second kappa shape index (κ2) is 7.98. The highest BCUT2D eigenvalue weighted by Crippen LogP contribution is 2.13. The van der Waals surface area contributed by atoms with Gasteiger partial charge in [0, 0.05) is 12.8 Å². The highest BCUT2D eigenvalue weighted by Gasteiger charge is 2.06. The van der Waals surface area contributed by atoms with Gasteiger partial charge in [-0.25, -0.2) is 4.39 Å². The second-order valence-corrected chi connectivity index (χ2v) is 4.74. The van der Waals surface area contributed by atoms with Gasteiger partial charge in [-0.05, 0) is 49.6 Å². The quantitative estimate of drug-likeness (QED) is 0.721. The minimum Gasteiger partial charge on any atom is -0.330 e. The lowest BCUT2D eigenvalue weighted by molar-refractivity contribution is -0.118. The first kappa shape index (κ1) is 14.8. The summed E-state index contributed by atoms with van der Waals surface area (Å²) in [6.07, 6.45) is 5.15. The molecule has 0 unspecified atom stereocenters. The summed E-state index contributed by atoms with van der Waals surface area (Å²) in [4.78, 5) is 11.8. The van der Waals surface area contributed by atoms with E-state index in [0.29, 0.717) is 12.8 Å². The Balaban J connectivity index is 2.31. The van der Waals surface area contributed by atoms with E-state index in [1.165, 1.54) is 12.1 Å². The first-order chi connectivity index (χ1) is 8.63. The SMILES string of the molecule is Cc1cc(F)ccc1CC(=O)CCCCCCN. The molecule has 100 valence electrons. The molecule has 1 aromatic rings. The molecule has 0 aromatic heterocycles. The van der Waals surface area contributed by atoms with Gasteiger partial charge in [-0.2, -0.15) is 0 Å². The van der Waals surface area contributed by atoms with E-state index < -0.39 is 0 Å². The van der Waals surface area contributed by atoms with Crippen LogP contribution in [0.1, 0.15) is 43.2 Å². The van der Waals surface area contributed by atoms with E-state index >= 15 is 0 Å². The summed E-state index contributed by atoms with van der Waals surface area (Å²) in [6, 6.07) is 4.59. The molecule has 2 nitrogen and oxygen atoms in total. The third kappa shape index (κ3) is 5.41. The second-order valence-electron chi connectivity index (χ2n) is 4.74. The number of Topliss-reactive ketones (excluding diaryl/α,β-unsaturated/α-hetero) is 1. The van der Waals surface area contributed by atoms with E-state index in [1.54, 1.807) is 6.07 Å². The van der Waals surface area contributed by atoms with Gasteiger partial charge in [-0.1, -0.05) is 18.9 Å². The molecule has 0 aliphatic carbocycles. The maximum absolute atomic E-state index is 12.9. The normalized spacial score (nSPS) is 10.6. The van der Waals surface area contributed by atoms with E-state index in [9.17, 15) is 9.18 Å². The number of halogens is 1. The van der Waals surface area contributed by atoms with Gasteiger partial charge in [-0.15, -0.1) is 0 Å². The smallest absolute Gasteiger partial charge is 0.137 e. The van der Waals surface area contributed by atoms with Crippen molar-refractivity contribution in [1.29, 1.82) is 0 Å². The van der Waals surface area contributed by atoms with Crippen LogP contribution in [0.25, 0.3) is 0 Å². The van der Waals surface area contributed by atoms with Crippen molar-refractivity contribution < 1.29 is 9.18 Å². The third-order valence-corrected chi connectivity index (χ3v) is 3.10. The molecule has 0 bridgehead atoms. The Morgan fingerprint density at radius 3 is 2.61 bits per heavy atom.